The van der Waals surface area contributed by atoms with Crippen molar-refractivity contribution in [3.63, 3.8) is 0 Å². The number of carbonyl (C=O) groups is 3. The Hall–Kier alpha value is -3.35. The largest absolute Gasteiger partial charge is 0.481 e. The molecule has 2 aromatic rings. The van der Waals surface area contributed by atoms with E-state index in [1.54, 1.807) is 0 Å². The van der Waals surface area contributed by atoms with Gasteiger partial charge in [0, 0.05) is 24.4 Å². The fraction of sp³-hybridized carbons (Fsp3) is 0.400. The second-order valence-electron chi connectivity index (χ2n) is 8.68. The van der Waals surface area contributed by atoms with Crippen molar-refractivity contribution >= 4 is 18.0 Å². The molecule has 4 rings (SSSR count). The normalized spacial score (nSPS) is 19.8. The van der Waals surface area contributed by atoms with E-state index in [2.05, 4.69) is 34.9 Å². The average molecular weight is 437 g/mol. The highest BCUT2D eigenvalue weighted by atomic mass is 16.5. The van der Waals surface area contributed by atoms with E-state index in [-0.39, 0.29) is 42.9 Å². The summed E-state index contributed by atoms with van der Waals surface area (Å²) in [5.41, 5.74) is 4.68. The van der Waals surface area contributed by atoms with E-state index in [0.29, 0.717) is 19.3 Å². The Bertz CT molecular complexity index is 969. The van der Waals surface area contributed by atoms with Crippen LogP contribution in [-0.4, -0.2) is 41.8 Å². The summed E-state index contributed by atoms with van der Waals surface area (Å²) in [5.74, 6) is -1.28. The van der Waals surface area contributed by atoms with Crippen molar-refractivity contribution < 1.29 is 24.2 Å². The summed E-state index contributed by atoms with van der Waals surface area (Å²) in [4.78, 5) is 35.2. The summed E-state index contributed by atoms with van der Waals surface area (Å²) < 4.78 is 5.54. The summed E-state index contributed by atoms with van der Waals surface area (Å²) in [6.45, 7) is 2.08. The zero-order chi connectivity index (χ0) is 22.7. The van der Waals surface area contributed by atoms with Crippen LogP contribution >= 0.6 is 0 Å². The summed E-state index contributed by atoms with van der Waals surface area (Å²) in [7, 11) is 0. The van der Waals surface area contributed by atoms with E-state index >= 15 is 0 Å². The van der Waals surface area contributed by atoms with Gasteiger partial charge in [-0.05, 0) is 48.4 Å². The van der Waals surface area contributed by atoms with Gasteiger partial charge < -0.3 is 20.5 Å². The molecule has 0 spiro atoms. The number of benzene rings is 2. The third kappa shape index (κ3) is 4.77. The van der Waals surface area contributed by atoms with Crippen LogP contribution in [-0.2, 0) is 14.3 Å². The molecule has 3 N–H and O–H groups in total. The molecule has 2 aromatic carbocycles. The number of hydrogen-bond donors (Lipinski definition) is 3. The topological polar surface area (TPSA) is 105 Å². The Morgan fingerprint density at radius 3 is 2.22 bits per heavy atom. The molecule has 0 saturated heterocycles. The number of fused-ring (bicyclic) bond motifs is 3. The predicted molar refractivity (Wildman–Crippen MR) is 119 cm³/mol. The van der Waals surface area contributed by atoms with Crippen LogP contribution in [0.5, 0.6) is 0 Å². The third-order valence-corrected chi connectivity index (χ3v) is 6.36. The van der Waals surface area contributed by atoms with Crippen LogP contribution in [0.1, 0.15) is 49.7 Å². The van der Waals surface area contributed by atoms with Gasteiger partial charge in [-0.15, -0.1) is 0 Å². The first-order valence-corrected chi connectivity index (χ1v) is 11.1. The summed E-state index contributed by atoms with van der Waals surface area (Å²) in [6, 6.07) is 16.1. The van der Waals surface area contributed by atoms with Gasteiger partial charge in [0.05, 0.1) is 5.92 Å². The molecule has 0 radical (unpaired) electrons. The number of carbonyl (C=O) groups excluding carboxylic acids is 2. The Balaban J connectivity index is 1.21. The van der Waals surface area contributed by atoms with E-state index in [1.165, 1.54) is 11.1 Å². The minimum Gasteiger partial charge on any atom is -0.481 e. The third-order valence-electron chi connectivity index (χ3n) is 6.36. The molecule has 0 aromatic heterocycles. The molecule has 2 amide bonds. The van der Waals surface area contributed by atoms with E-state index < -0.39 is 12.1 Å². The standard InChI is InChI=1S/C25H28N2O5/c1-15(10-11-23(28)27-17-12-16(13-17)24(29)30)26-25(31)32-14-22-20-8-4-2-6-18(20)19-7-3-5-9-21(19)22/h2-9,15-17,22H,10-14H2,1H3,(H,26,31)(H,27,28)(H,29,30). The molecule has 1 fully saturated rings. The quantitative estimate of drug-likeness (QED) is 0.586. The van der Waals surface area contributed by atoms with Crippen LogP contribution in [0.4, 0.5) is 4.79 Å². The number of carboxylic acids is 1. The first-order valence-electron chi connectivity index (χ1n) is 11.1. The van der Waals surface area contributed by atoms with Crippen LogP contribution < -0.4 is 10.6 Å². The lowest BCUT2D eigenvalue weighted by Crippen LogP contribution is -2.47. The summed E-state index contributed by atoms with van der Waals surface area (Å²) in [6.07, 6.45) is 1.20. The van der Waals surface area contributed by atoms with Gasteiger partial charge in [0.1, 0.15) is 6.61 Å². The van der Waals surface area contributed by atoms with Crippen molar-refractivity contribution in [2.75, 3.05) is 6.61 Å². The Morgan fingerprint density at radius 2 is 1.62 bits per heavy atom. The van der Waals surface area contributed by atoms with Gasteiger partial charge in [0.2, 0.25) is 5.91 Å². The van der Waals surface area contributed by atoms with E-state index in [1.807, 2.05) is 31.2 Å². The number of ether oxygens (including phenoxy) is 1. The maximum Gasteiger partial charge on any atom is 0.407 e. The van der Waals surface area contributed by atoms with Crippen molar-refractivity contribution in [2.45, 2.75) is 50.6 Å². The van der Waals surface area contributed by atoms with Gasteiger partial charge in [0.25, 0.3) is 0 Å². The molecule has 7 heteroatoms. The molecular weight excluding hydrogens is 408 g/mol. The second kappa shape index (κ2) is 9.42. The van der Waals surface area contributed by atoms with Crippen molar-refractivity contribution in [2.24, 2.45) is 5.92 Å². The van der Waals surface area contributed by atoms with Gasteiger partial charge in [-0.25, -0.2) is 4.79 Å². The molecule has 2 aliphatic carbocycles. The lowest BCUT2D eigenvalue weighted by Gasteiger charge is -2.32. The maximum atomic E-state index is 12.3. The minimum absolute atomic E-state index is 0.00587. The van der Waals surface area contributed by atoms with E-state index in [0.717, 1.165) is 11.1 Å². The van der Waals surface area contributed by atoms with Crippen molar-refractivity contribution in [1.82, 2.24) is 10.6 Å². The smallest absolute Gasteiger partial charge is 0.407 e. The van der Waals surface area contributed by atoms with Crippen molar-refractivity contribution in [3.05, 3.63) is 59.7 Å². The number of nitrogens with one attached hydrogen (secondary N) is 2. The molecule has 1 unspecified atom stereocenters. The highest BCUT2D eigenvalue weighted by molar-refractivity contribution is 5.79. The molecule has 2 aliphatic rings. The van der Waals surface area contributed by atoms with E-state index in [9.17, 15) is 14.4 Å². The zero-order valence-electron chi connectivity index (χ0n) is 18.0. The SMILES string of the molecule is CC(CCC(=O)NC1CC(C(=O)O)C1)NC(=O)OCC1c2ccccc2-c2ccccc21. The van der Waals surface area contributed by atoms with Crippen LogP contribution in [0.15, 0.2) is 48.5 Å². The van der Waals surface area contributed by atoms with Crippen molar-refractivity contribution in [1.29, 1.82) is 0 Å². The first-order chi connectivity index (χ1) is 15.4. The highest BCUT2D eigenvalue weighted by Crippen LogP contribution is 2.44. The minimum atomic E-state index is -0.809. The Kier molecular flexibility index (Phi) is 6.44. The molecule has 0 heterocycles. The van der Waals surface area contributed by atoms with Crippen LogP contribution in [0, 0.1) is 5.92 Å². The molecule has 7 nitrogen and oxygen atoms in total. The highest BCUT2D eigenvalue weighted by Gasteiger charge is 2.35. The zero-order valence-corrected chi connectivity index (χ0v) is 18.0. The second-order valence-corrected chi connectivity index (χ2v) is 8.68. The summed E-state index contributed by atoms with van der Waals surface area (Å²) >= 11 is 0. The van der Waals surface area contributed by atoms with Crippen LogP contribution in [0.3, 0.4) is 0 Å². The lowest BCUT2D eigenvalue weighted by molar-refractivity contribution is -0.146. The van der Waals surface area contributed by atoms with Crippen LogP contribution in [0.25, 0.3) is 11.1 Å². The number of carboxylic acid groups (broad SMARTS) is 1. The van der Waals surface area contributed by atoms with Crippen molar-refractivity contribution in [3.8, 4) is 11.1 Å². The number of hydrogen-bond acceptors (Lipinski definition) is 4. The Morgan fingerprint density at radius 1 is 1.03 bits per heavy atom. The number of amides is 2. The van der Waals surface area contributed by atoms with Crippen LogP contribution in [0.2, 0.25) is 0 Å². The fourth-order valence-electron chi connectivity index (χ4n) is 4.50. The molecular formula is C25H28N2O5. The fourth-order valence-corrected chi connectivity index (χ4v) is 4.50. The Labute approximate surface area is 187 Å². The van der Waals surface area contributed by atoms with Gasteiger partial charge in [-0.2, -0.15) is 0 Å². The van der Waals surface area contributed by atoms with E-state index in [4.69, 9.17) is 9.84 Å². The molecule has 0 aliphatic heterocycles. The first kappa shape index (κ1) is 21.9. The average Bonchev–Trinajstić information content (AvgIpc) is 3.06. The number of alkyl carbamates (subject to hydrolysis) is 1. The number of aliphatic carboxylic acids is 1. The molecule has 32 heavy (non-hydrogen) atoms. The molecule has 1 atom stereocenters. The number of rotatable bonds is 8. The monoisotopic (exact) mass is 436 g/mol. The van der Waals surface area contributed by atoms with Gasteiger partial charge in [-0.3, -0.25) is 9.59 Å². The molecule has 1 saturated carbocycles. The lowest BCUT2D eigenvalue weighted by atomic mass is 9.80. The maximum absolute atomic E-state index is 12.3. The van der Waals surface area contributed by atoms with Gasteiger partial charge in [0.15, 0.2) is 0 Å². The molecule has 168 valence electrons. The summed E-state index contributed by atoms with van der Waals surface area (Å²) in [5, 5.41) is 14.5. The van der Waals surface area contributed by atoms with Gasteiger partial charge >= 0.3 is 12.1 Å². The predicted octanol–water partition coefficient (Wildman–Crippen LogP) is 3.67. The van der Waals surface area contributed by atoms with Gasteiger partial charge in [-0.1, -0.05) is 48.5 Å². The molecule has 0 bridgehead atoms.